The summed E-state index contributed by atoms with van der Waals surface area (Å²) in [4.78, 5) is 4.08. The minimum atomic E-state index is 0.556. The van der Waals surface area contributed by atoms with E-state index in [4.69, 9.17) is 5.73 Å². The molecule has 0 amide bonds. The molecule has 2 atom stereocenters. The zero-order chi connectivity index (χ0) is 9.56. The zero-order valence-electron chi connectivity index (χ0n) is 8.75. The number of hydrogen-bond acceptors (Lipinski definition) is 2. The predicted octanol–water partition coefficient (Wildman–Crippen LogP) is 1.94. The third-order valence-corrected chi connectivity index (χ3v) is 2.57. The summed E-state index contributed by atoms with van der Waals surface area (Å²) in [5, 5.41) is 0. The molecule has 2 unspecified atom stereocenters. The first-order valence-electron chi connectivity index (χ1n) is 4.75. The van der Waals surface area contributed by atoms with Gasteiger partial charge in [-0.15, -0.1) is 0 Å². The summed E-state index contributed by atoms with van der Waals surface area (Å²) in [5.74, 6) is 1.94. The summed E-state index contributed by atoms with van der Waals surface area (Å²) in [6.07, 6.45) is 3.09. The second-order valence-corrected chi connectivity index (χ2v) is 3.75. The van der Waals surface area contributed by atoms with E-state index in [0.717, 1.165) is 13.0 Å². The van der Waals surface area contributed by atoms with Gasteiger partial charge in [0.1, 0.15) is 0 Å². The second kappa shape index (κ2) is 6.18. The van der Waals surface area contributed by atoms with Gasteiger partial charge in [-0.1, -0.05) is 20.8 Å². The van der Waals surface area contributed by atoms with E-state index in [9.17, 15) is 0 Å². The molecule has 0 rings (SSSR count). The fraction of sp³-hybridized carbons (Fsp3) is 0.900. The molecular weight excluding hydrogens is 148 g/mol. The maximum absolute atomic E-state index is 5.54. The maximum Gasteiger partial charge on any atom is 0.0273 e. The summed E-state index contributed by atoms with van der Waals surface area (Å²) in [5.41, 5.74) is 5.54. The van der Waals surface area contributed by atoms with Gasteiger partial charge in [-0.3, -0.25) is 0 Å². The number of hydrogen-bond donors (Lipinski definition) is 1. The van der Waals surface area contributed by atoms with Crippen LogP contribution in [0, 0.1) is 17.8 Å². The molecule has 0 heterocycles. The van der Waals surface area contributed by atoms with Crippen molar-refractivity contribution in [1.82, 2.24) is 0 Å². The lowest BCUT2D eigenvalue weighted by Gasteiger charge is -2.22. The quantitative estimate of drug-likeness (QED) is 0.629. The molecule has 72 valence electrons. The van der Waals surface area contributed by atoms with Crippen LogP contribution in [0.3, 0.4) is 0 Å². The van der Waals surface area contributed by atoms with Crippen molar-refractivity contribution in [2.45, 2.75) is 27.2 Å². The number of nitrogens with two attached hydrogens (primary N) is 1. The van der Waals surface area contributed by atoms with Crippen molar-refractivity contribution in [1.29, 1.82) is 0 Å². The highest BCUT2D eigenvalue weighted by atomic mass is 14.6. The highest BCUT2D eigenvalue weighted by Gasteiger charge is 2.17. The van der Waals surface area contributed by atoms with Gasteiger partial charge in [0.05, 0.1) is 0 Å². The van der Waals surface area contributed by atoms with E-state index in [-0.39, 0.29) is 0 Å². The van der Waals surface area contributed by atoms with Gasteiger partial charge in [-0.2, -0.15) is 0 Å². The van der Waals surface area contributed by atoms with Crippen LogP contribution in [0.2, 0.25) is 0 Å². The maximum atomic E-state index is 5.54. The average molecular weight is 170 g/mol. The van der Waals surface area contributed by atoms with Crippen LogP contribution in [-0.2, 0) is 0 Å². The van der Waals surface area contributed by atoms with Crippen LogP contribution >= 0.6 is 0 Å². The molecule has 2 N–H and O–H groups in total. The SMILES string of the molecule is CN=CC(CCN)C(C)C(C)C. The van der Waals surface area contributed by atoms with Crippen molar-refractivity contribution in [3.8, 4) is 0 Å². The van der Waals surface area contributed by atoms with Gasteiger partial charge in [0.2, 0.25) is 0 Å². The summed E-state index contributed by atoms with van der Waals surface area (Å²) in [6, 6.07) is 0. The van der Waals surface area contributed by atoms with Crippen LogP contribution in [0.5, 0.6) is 0 Å². The van der Waals surface area contributed by atoms with Crippen LogP contribution in [0.25, 0.3) is 0 Å². The van der Waals surface area contributed by atoms with Gasteiger partial charge < -0.3 is 10.7 Å². The first-order chi connectivity index (χ1) is 5.63. The lowest BCUT2D eigenvalue weighted by molar-refractivity contribution is 0.334. The molecule has 0 radical (unpaired) electrons. The highest BCUT2D eigenvalue weighted by Crippen LogP contribution is 2.21. The Morgan fingerprint density at radius 1 is 1.33 bits per heavy atom. The van der Waals surface area contributed by atoms with Crippen molar-refractivity contribution in [3.63, 3.8) is 0 Å². The molecular formula is C10H22N2. The molecule has 0 saturated carbocycles. The Morgan fingerprint density at radius 3 is 2.25 bits per heavy atom. The molecule has 2 heteroatoms. The summed E-state index contributed by atoms with van der Waals surface area (Å²) in [6.45, 7) is 7.52. The standard InChI is InChI=1S/C10H22N2/c1-8(2)9(3)10(5-6-11)7-12-4/h7-10H,5-6,11H2,1-4H3. The fourth-order valence-electron chi connectivity index (χ4n) is 1.35. The minimum absolute atomic E-state index is 0.556. The normalized spacial score (nSPS) is 17.2. The van der Waals surface area contributed by atoms with E-state index in [2.05, 4.69) is 25.8 Å². The van der Waals surface area contributed by atoms with Gasteiger partial charge in [-0.25, -0.2) is 0 Å². The van der Waals surface area contributed by atoms with Gasteiger partial charge in [0, 0.05) is 13.3 Å². The molecule has 12 heavy (non-hydrogen) atoms. The second-order valence-electron chi connectivity index (χ2n) is 3.75. The molecule has 0 aliphatic heterocycles. The third kappa shape index (κ3) is 3.86. The third-order valence-electron chi connectivity index (χ3n) is 2.57. The molecule has 0 aliphatic rings. The Hall–Kier alpha value is -0.370. The molecule has 0 fully saturated rings. The van der Waals surface area contributed by atoms with Gasteiger partial charge in [0.25, 0.3) is 0 Å². The van der Waals surface area contributed by atoms with Crippen LogP contribution in [0.4, 0.5) is 0 Å². The largest absolute Gasteiger partial charge is 0.330 e. The Bertz CT molecular complexity index is 130. The Balaban J connectivity index is 4.08. The molecule has 0 aromatic rings. The first-order valence-corrected chi connectivity index (χ1v) is 4.75. The zero-order valence-corrected chi connectivity index (χ0v) is 8.75. The fourth-order valence-corrected chi connectivity index (χ4v) is 1.35. The number of nitrogens with zero attached hydrogens (tertiary/aromatic N) is 1. The summed E-state index contributed by atoms with van der Waals surface area (Å²) >= 11 is 0. The van der Waals surface area contributed by atoms with Crippen LogP contribution in [-0.4, -0.2) is 19.8 Å². The lowest BCUT2D eigenvalue weighted by atomic mass is 9.84. The lowest BCUT2D eigenvalue weighted by Crippen LogP contribution is -2.21. The summed E-state index contributed by atoms with van der Waals surface area (Å²) in [7, 11) is 1.83. The molecule has 0 aromatic carbocycles. The van der Waals surface area contributed by atoms with Gasteiger partial charge in [-0.05, 0) is 30.7 Å². The topological polar surface area (TPSA) is 38.4 Å². The first kappa shape index (κ1) is 11.6. The highest BCUT2D eigenvalue weighted by molar-refractivity contribution is 5.60. The molecule has 0 spiro atoms. The molecule has 0 aromatic heterocycles. The van der Waals surface area contributed by atoms with Crippen LogP contribution in [0.1, 0.15) is 27.2 Å². The monoisotopic (exact) mass is 170 g/mol. The molecule has 0 aliphatic carbocycles. The summed E-state index contributed by atoms with van der Waals surface area (Å²) < 4.78 is 0. The van der Waals surface area contributed by atoms with E-state index in [1.54, 1.807) is 0 Å². The Labute approximate surface area is 76.3 Å². The van der Waals surface area contributed by atoms with Crippen LogP contribution in [0.15, 0.2) is 4.99 Å². The minimum Gasteiger partial charge on any atom is -0.330 e. The van der Waals surface area contributed by atoms with E-state index < -0.39 is 0 Å². The molecule has 0 saturated heterocycles. The van der Waals surface area contributed by atoms with E-state index in [0.29, 0.717) is 17.8 Å². The number of rotatable bonds is 5. The van der Waals surface area contributed by atoms with Gasteiger partial charge in [0.15, 0.2) is 0 Å². The Morgan fingerprint density at radius 2 is 1.92 bits per heavy atom. The van der Waals surface area contributed by atoms with E-state index in [1.807, 2.05) is 13.3 Å². The van der Waals surface area contributed by atoms with E-state index >= 15 is 0 Å². The van der Waals surface area contributed by atoms with Crippen molar-refractivity contribution in [2.75, 3.05) is 13.6 Å². The van der Waals surface area contributed by atoms with E-state index in [1.165, 1.54) is 0 Å². The van der Waals surface area contributed by atoms with Crippen LogP contribution < -0.4 is 5.73 Å². The average Bonchev–Trinajstić information content (AvgIpc) is 2.03. The number of aliphatic imine (C=N–C) groups is 1. The predicted molar refractivity (Wildman–Crippen MR) is 55.6 cm³/mol. The van der Waals surface area contributed by atoms with Crippen molar-refractivity contribution < 1.29 is 0 Å². The van der Waals surface area contributed by atoms with Gasteiger partial charge >= 0.3 is 0 Å². The Kier molecular flexibility index (Phi) is 5.99. The van der Waals surface area contributed by atoms with Crippen molar-refractivity contribution >= 4 is 6.21 Å². The smallest absolute Gasteiger partial charge is 0.0273 e. The van der Waals surface area contributed by atoms with Crippen molar-refractivity contribution in [3.05, 3.63) is 0 Å². The molecule has 0 bridgehead atoms. The van der Waals surface area contributed by atoms with Crippen molar-refractivity contribution in [2.24, 2.45) is 28.5 Å². The molecule has 2 nitrogen and oxygen atoms in total.